The molecule has 3 unspecified atom stereocenters. The minimum Gasteiger partial charge on any atom is -0.392 e. The van der Waals surface area contributed by atoms with E-state index < -0.39 is 55.6 Å². The van der Waals surface area contributed by atoms with E-state index in [0.29, 0.717) is 37.5 Å². The van der Waals surface area contributed by atoms with Crippen molar-refractivity contribution in [2.24, 2.45) is 0 Å². The van der Waals surface area contributed by atoms with Crippen LogP contribution in [0.5, 0.6) is 0 Å². The fraction of sp³-hybridized carbons (Fsp3) is 0.448. The van der Waals surface area contributed by atoms with Crippen LogP contribution in [0.4, 0.5) is 11.4 Å². The molecule has 0 bridgehead atoms. The zero-order chi connectivity index (χ0) is 32.7. The maximum absolute atomic E-state index is 12.9. The molecule has 0 spiro atoms. The molecule has 16 heteroatoms. The van der Waals surface area contributed by atoms with Gasteiger partial charge in [0.2, 0.25) is 20.0 Å². The summed E-state index contributed by atoms with van der Waals surface area (Å²) in [5.41, 5.74) is 0.851. The van der Waals surface area contributed by atoms with Crippen molar-refractivity contribution < 1.29 is 45.9 Å². The molecule has 0 aromatic heterocycles. The lowest BCUT2D eigenvalue weighted by atomic mass is 10.0. The van der Waals surface area contributed by atoms with E-state index in [0.717, 1.165) is 25.7 Å². The highest BCUT2D eigenvalue weighted by atomic mass is 32.2. The number of carbonyl (C=O) groups is 4. The number of amides is 2. The number of Topliss-reactive ketones (excluding diaryl/α,β-unsaturated/α-hetero) is 2. The Balaban J connectivity index is 0.000000178. The highest BCUT2D eigenvalue weighted by molar-refractivity contribution is 7.89. The number of hydrogen-bond donors (Lipinski definition) is 3. The van der Waals surface area contributed by atoms with Crippen LogP contribution in [0.3, 0.4) is 0 Å². The molecule has 4 aliphatic rings. The van der Waals surface area contributed by atoms with Crippen LogP contribution in [-0.4, -0.2) is 98.9 Å². The quantitative estimate of drug-likeness (QED) is 0.364. The second-order valence-electron chi connectivity index (χ2n) is 11.3. The molecule has 4 aliphatic heterocycles. The summed E-state index contributed by atoms with van der Waals surface area (Å²) >= 11 is 0. The van der Waals surface area contributed by atoms with Gasteiger partial charge in [0, 0.05) is 26.2 Å². The van der Waals surface area contributed by atoms with Crippen molar-refractivity contribution in [3.63, 3.8) is 0 Å². The predicted molar refractivity (Wildman–Crippen MR) is 161 cm³/mol. The first-order chi connectivity index (χ1) is 21.3. The SMILES string of the molecule is CC(O)C1CCCCN1S(=O)(=O)c1ccc2c(c1)C(=O)C(=O)N2.COCC1CCCN1S(=O)(=O)c1ccc2c(c1)C(=O)C(=O)N2. The normalized spacial score (nSPS) is 22.7. The van der Waals surface area contributed by atoms with Crippen LogP contribution in [0, 0.1) is 0 Å². The van der Waals surface area contributed by atoms with Crippen LogP contribution in [0.2, 0.25) is 0 Å². The molecule has 3 N–H and O–H groups in total. The number of benzene rings is 2. The van der Waals surface area contributed by atoms with Gasteiger partial charge in [-0.05, 0) is 69.0 Å². The summed E-state index contributed by atoms with van der Waals surface area (Å²) < 4.78 is 59.1. The second-order valence-corrected chi connectivity index (χ2v) is 15.0. The number of aliphatic hydroxyl groups is 1. The summed E-state index contributed by atoms with van der Waals surface area (Å²) in [6.07, 6.45) is 2.94. The van der Waals surface area contributed by atoms with Gasteiger partial charge < -0.3 is 20.5 Å². The number of carbonyl (C=O) groups excluding carboxylic acids is 4. The van der Waals surface area contributed by atoms with Crippen molar-refractivity contribution in [3.8, 4) is 0 Å². The van der Waals surface area contributed by atoms with Gasteiger partial charge in [-0.25, -0.2) is 16.8 Å². The molecule has 14 nitrogen and oxygen atoms in total. The fourth-order valence-corrected chi connectivity index (χ4v) is 9.52. The van der Waals surface area contributed by atoms with Gasteiger partial charge in [-0.3, -0.25) is 19.2 Å². The number of hydrogen-bond acceptors (Lipinski definition) is 10. The van der Waals surface area contributed by atoms with Gasteiger partial charge in [-0.2, -0.15) is 8.61 Å². The van der Waals surface area contributed by atoms with E-state index in [4.69, 9.17) is 4.74 Å². The molecule has 2 saturated heterocycles. The van der Waals surface area contributed by atoms with E-state index in [1.165, 1.54) is 52.1 Å². The Morgan fingerprint density at radius 3 is 1.82 bits per heavy atom. The summed E-state index contributed by atoms with van der Waals surface area (Å²) in [4.78, 5) is 46.2. The zero-order valence-corrected chi connectivity index (χ0v) is 26.3. The van der Waals surface area contributed by atoms with Gasteiger partial charge >= 0.3 is 0 Å². The van der Waals surface area contributed by atoms with E-state index in [1.54, 1.807) is 6.92 Å². The summed E-state index contributed by atoms with van der Waals surface area (Å²) in [7, 11) is -6.01. The number of ether oxygens (including phenoxy) is 1. The molecule has 3 atom stereocenters. The number of methoxy groups -OCH3 is 1. The van der Waals surface area contributed by atoms with Crippen LogP contribution < -0.4 is 10.6 Å². The molecule has 2 aromatic rings. The average molecular weight is 663 g/mol. The minimum absolute atomic E-state index is 0.0269. The number of sulfonamides is 2. The molecule has 242 valence electrons. The number of nitrogens with one attached hydrogen (secondary N) is 2. The van der Waals surface area contributed by atoms with E-state index in [1.807, 2.05) is 0 Å². The zero-order valence-electron chi connectivity index (χ0n) is 24.7. The van der Waals surface area contributed by atoms with E-state index in [2.05, 4.69) is 10.6 Å². The highest BCUT2D eigenvalue weighted by Gasteiger charge is 2.39. The standard InChI is InChI=1S/C15H18N2O5S.C14H16N2O5S/c1-9(18)13-4-2-3-7-17(13)23(21,22)10-5-6-12-11(8-10)14(19)15(20)16-12;1-21-8-9-3-2-6-16(9)22(19,20)10-4-5-12-11(7-10)13(17)14(18)15-12/h5-6,8-9,13,18H,2-4,7H2,1H3,(H,16,19,20);4-5,7,9H,2-3,6,8H2,1H3,(H,15,17,18). The number of rotatable bonds is 7. The molecule has 0 radical (unpaired) electrons. The smallest absolute Gasteiger partial charge is 0.296 e. The van der Waals surface area contributed by atoms with Crippen molar-refractivity contribution in [2.75, 3.05) is 37.4 Å². The number of anilines is 2. The molecule has 2 amide bonds. The summed E-state index contributed by atoms with van der Waals surface area (Å²) in [5, 5.41) is 14.7. The fourth-order valence-electron chi connectivity index (χ4n) is 6.03. The number of nitrogens with zero attached hydrogens (tertiary/aromatic N) is 2. The summed E-state index contributed by atoms with van der Waals surface area (Å²) in [5.74, 6) is -2.93. The van der Waals surface area contributed by atoms with E-state index >= 15 is 0 Å². The van der Waals surface area contributed by atoms with Crippen LogP contribution in [0.15, 0.2) is 46.2 Å². The van der Waals surface area contributed by atoms with Crippen molar-refractivity contribution in [2.45, 2.75) is 67.0 Å². The van der Waals surface area contributed by atoms with Crippen molar-refractivity contribution in [1.29, 1.82) is 0 Å². The monoisotopic (exact) mass is 662 g/mol. The first-order valence-electron chi connectivity index (χ1n) is 14.5. The molecular formula is C29H34N4O10S2. The molecule has 6 rings (SSSR count). The maximum atomic E-state index is 12.9. The van der Waals surface area contributed by atoms with Crippen LogP contribution in [0.1, 0.15) is 59.7 Å². The minimum atomic E-state index is -3.84. The Hall–Kier alpha value is -3.54. The Morgan fingerprint density at radius 2 is 1.31 bits per heavy atom. The Kier molecular flexibility index (Phi) is 9.26. The third-order valence-electron chi connectivity index (χ3n) is 8.33. The van der Waals surface area contributed by atoms with E-state index in [-0.39, 0.29) is 27.0 Å². The number of piperidine rings is 1. The average Bonchev–Trinajstić information content (AvgIpc) is 3.69. The third kappa shape index (κ3) is 6.17. The molecule has 45 heavy (non-hydrogen) atoms. The van der Waals surface area contributed by atoms with Crippen molar-refractivity contribution >= 4 is 54.8 Å². The lowest BCUT2D eigenvalue weighted by molar-refractivity contribution is -0.112. The van der Waals surface area contributed by atoms with Gasteiger partial charge in [-0.15, -0.1) is 0 Å². The molecule has 4 heterocycles. The van der Waals surface area contributed by atoms with Gasteiger partial charge in [0.1, 0.15) is 0 Å². The first-order valence-corrected chi connectivity index (χ1v) is 17.4. The van der Waals surface area contributed by atoms with Gasteiger partial charge in [-0.1, -0.05) is 6.42 Å². The maximum Gasteiger partial charge on any atom is 0.296 e. The number of aliphatic hydroxyl groups excluding tert-OH is 1. The van der Waals surface area contributed by atoms with Gasteiger partial charge in [0.05, 0.1) is 51.0 Å². The molecule has 2 aromatic carbocycles. The third-order valence-corrected chi connectivity index (χ3v) is 12.2. The Morgan fingerprint density at radius 1 is 0.800 bits per heavy atom. The van der Waals surface area contributed by atoms with Crippen LogP contribution in [0.25, 0.3) is 0 Å². The Bertz CT molecular complexity index is 1770. The van der Waals surface area contributed by atoms with Crippen molar-refractivity contribution in [1.82, 2.24) is 8.61 Å². The largest absolute Gasteiger partial charge is 0.392 e. The van der Waals surface area contributed by atoms with Crippen LogP contribution in [-0.2, 0) is 34.4 Å². The molecule has 2 fully saturated rings. The van der Waals surface area contributed by atoms with E-state index in [9.17, 15) is 41.1 Å². The number of fused-ring (bicyclic) bond motifs is 2. The first kappa shape index (κ1) is 32.8. The summed E-state index contributed by atoms with van der Waals surface area (Å²) in [6, 6.07) is 7.50. The lowest BCUT2D eigenvalue weighted by Gasteiger charge is -2.36. The molecule has 0 saturated carbocycles. The van der Waals surface area contributed by atoms with Gasteiger partial charge in [0.25, 0.3) is 23.4 Å². The van der Waals surface area contributed by atoms with Crippen LogP contribution >= 0.6 is 0 Å². The van der Waals surface area contributed by atoms with Gasteiger partial charge in [0.15, 0.2) is 0 Å². The summed E-state index contributed by atoms with van der Waals surface area (Å²) in [6.45, 7) is 2.68. The van der Waals surface area contributed by atoms with Crippen molar-refractivity contribution in [3.05, 3.63) is 47.5 Å². The highest BCUT2D eigenvalue weighted by Crippen LogP contribution is 2.32. The molecule has 0 aliphatic carbocycles. The second kappa shape index (κ2) is 12.7. The molecular weight excluding hydrogens is 628 g/mol. The number of ketones is 2. The topological polar surface area (TPSA) is 197 Å². The predicted octanol–water partition coefficient (Wildman–Crippen LogP) is 1.37. The lowest BCUT2D eigenvalue weighted by Crippen LogP contribution is -2.48. The Labute approximate surface area is 260 Å².